The maximum Gasteiger partial charge on any atom is 0.277 e. The zero-order valence-electron chi connectivity index (χ0n) is 17.8. The molecule has 2 N–H and O–H groups in total. The molecular weight excluding hydrogens is 418 g/mol. The highest BCUT2D eigenvalue weighted by Crippen LogP contribution is 2.29. The zero-order valence-corrected chi connectivity index (χ0v) is 18.7. The Balaban J connectivity index is 1.65. The standard InChI is InChI=1S/C23H29NO6S/c1-17(2)11-14-29-20-7-3-18(4-8-20)19-5-9-21(10-6-19)31(27)30-23(22(25)24-26)12-15-28-16-13-23/h3-10,17,26H,11-16H2,1-2H3,(H,24,25). The van der Waals surface area contributed by atoms with Gasteiger partial charge >= 0.3 is 0 Å². The van der Waals surface area contributed by atoms with Gasteiger partial charge in [-0.3, -0.25) is 14.2 Å². The van der Waals surface area contributed by atoms with E-state index in [9.17, 15) is 9.00 Å². The molecule has 8 heteroatoms. The fraction of sp³-hybridized carbons (Fsp3) is 0.435. The van der Waals surface area contributed by atoms with Crippen LogP contribution in [0.4, 0.5) is 0 Å². The smallest absolute Gasteiger partial charge is 0.277 e. The van der Waals surface area contributed by atoms with Crippen molar-refractivity contribution in [2.24, 2.45) is 5.92 Å². The van der Waals surface area contributed by atoms with Crippen LogP contribution in [0.25, 0.3) is 11.1 Å². The van der Waals surface area contributed by atoms with Crippen molar-refractivity contribution in [2.45, 2.75) is 43.6 Å². The van der Waals surface area contributed by atoms with Crippen molar-refractivity contribution in [3.05, 3.63) is 48.5 Å². The molecule has 1 heterocycles. The molecule has 0 bridgehead atoms. The molecule has 168 valence electrons. The van der Waals surface area contributed by atoms with E-state index in [-0.39, 0.29) is 12.8 Å². The van der Waals surface area contributed by atoms with Crippen molar-refractivity contribution in [2.75, 3.05) is 19.8 Å². The molecule has 3 rings (SSSR count). The number of benzene rings is 2. The van der Waals surface area contributed by atoms with E-state index in [1.807, 2.05) is 36.4 Å². The number of carbonyl (C=O) groups excluding carboxylic acids is 1. The van der Waals surface area contributed by atoms with Crippen molar-refractivity contribution in [3.63, 3.8) is 0 Å². The van der Waals surface area contributed by atoms with Crippen molar-refractivity contribution < 1.29 is 27.9 Å². The van der Waals surface area contributed by atoms with Gasteiger partial charge in [0.2, 0.25) is 0 Å². The van der Waals surface area contributed by atoms with E-state index < -0.39 is 22.6 Å². The summed E-state index contributed by atoms with van der Waals surface area (Å²) in [4.78, 5) is 12.6. The van der Waals surface area contributed by atoms with Crippen LogP contribution in [-0.4, -0.2) is 40.7 Å². The minimum atomic E-state index is -1.87. The zero-order chi connectivity index (χ0) is 22.3. The fourth-order valence-corrected chi connectivity index (χ4v) is 4.25. The number of ether oxygens (including phenoxy) is 2. The highest BCUT2D eigenvalue weighted by atomic mass is 32.2. The molecule has 7 nitrogen and oxygen atoms in total. The molecule has 2 aromatic rings. The summed E-state index contributed by atoms with van der Waals surface area (Å²) in [6.07, 6.45) is 1.44. The Morgan fingerprint density at radius 2 is 1.68 bits per heavy atom. The third-order valence-electron chi connectivity index (χ3n) is 5.25. The van der Waals surface area contributed by atoms with E-state index in [2.05, 4.69) is 13.8 Å². The van der Waals surface area contributed by atoms with E-state index in [4.69, 9.17) is 18.9 Å². The number of amides is 1. The number of hydrogen-bond acceptors (Lipinski definition) is 6. The van der Waals surface area contributed by atoms with Crippen LogP contribution in [-0.2, 0) is 24.8 Å². The minimum absolute atomic E-state index is 0.217. The lowest BCUT2D eigenvalue weighted by Gasteiger charge is -2.33. The van der Waals surface area contributed by atoms with Crippen LogP contribution in [0, 0.1) is 5.92 Å². The molecule has 0 spiro atoms. The summed E-state index contributed by atoms with van der Waals surface area (Å²) < 4.78 is 29.4. The molecule has 1 saturated heterocycles. The van der Waals surface area contributed by atoms with Crippen molar-refractivity contribution in [3.8, 4) is 16.9 Å². The van der Waals surface area contributed by atoms with Gasteiger partial charge in [-0.1, -0.05) is 38.1 Å². The highest BCUT2D eigenvalue weighted by molar-refractivity contribution is 7.80. The van der Waals surface area contributed by atoms with Gasteiger partial charge in [0.1, 0.15) is 5.75 Å². The molecular formula is C23H29NO6S. The number of carbonyl (C=O) groups is 1. The van der Waals surface area contributed by atoms with Crippen molar-refractivity contribution in [1.29, 1.82) is 0 Å². The molecule has 0 saturated carbocycles. The van der Waals surface area contributed by atoms with Crippen LogP contribution in [0.5, 0.6) is 5.75 Å². The Morgan fingerprint density at radius 1 is 1.10 bits per heavy atom. The average Bonchev–Trinajstić information content (AvgIpc) is 2.79. The van der Waals surface area contributed by atoms with Gasteiger partial charge in [-0.2, -0.15) is 0 Å². The van der Waals surface area contributed by atoms with E-state index in [1.54, 1.807) is 17.6 Å². The number of rotatable bonds is 9. The minimum Gasteiger partial charge on any atom is -0.494 e. The molecule has 1 fully saturated rings. The van der Waals surface area contributed by atoms with E-state index in [0.29, 0.717) is 30.6 Å². The molecule has 0 radical (unpaired) electrons. The van der Waals surface area contributed by atoms with Crippen LogP contribution in [0.3, 0.4) is 0 Å². The molecule has 1 aliphatic heterocycles. The largest absolute Gasteiger partial charge is 0.494 e. The fourth-order valence-electron chi connectivity index (χ4n) is 3.26. The van der Waals surface area contributed by atoms with E-state index >= 15 is 0 Å². The topological polar surface area (TPSA) is 94.1 Å². The molecule has 2 aromatic carbocycles. The monoisotopic (exact) mass is 447 g/mol. The van der Waals surface area contributed by atoms with Crippen LogP contribution in [0.2, 0.25) is 0 Å². The van der Waals surface area contributed by atoms with Gasteiger partial charge in [-0.05, 0) is 47.7 Å². The second kappa shape index (κ2) is 10.9. The molecule has 1 aliphatic rings. The first-order chi connectivity index (χ1) is 14.9. The van der Waals surface area contributed by atoms with E-state index in [1.165, 1.54) is 0 Å². The highest BCUT2D eigenvalue weighted by Gasteiger charge is 2.43. The summed E-state index contributed by atoms with van der Waals surface area (Å²) in [6.45, 7) is 5.61. The summed E-state index contributed by atoms with van der Waals surface area (Å²) in [5.41, 5.74) is 2.22. The maximum atomic E-state index is 12.7. The van der Waals surface area contributed by atoms with Gasteiger partial charge in [-0.25, -0.2) is 9.69 Å². The Morgan fingerprint density at radius 3 is 2.23 bits per heavy atom. The lowest BCUT2D eigenvalue weighted by Crippen LogP contribution is -2.51. The van der Waals surface area contributed by atoms with Crippen LogP contribution < -0.4 is 10.2 Å². The van der Waals surface area contributed by atoms with Gasteiger partial charge in [0.05, 0.1) is 11.5 Å². The summed E-state index contributed by atoms with van der Waals surface area (Å²) in [7, 11) is 0. The summed E-state index contributed by atoms with van der Waals surface area (Å²) in [6, 6.07) is 15.0. The quantitative estimate of drug-likeness (QED) is 0.448. The first-order valence-corrected chi connectivity index (χ1v) is 11.5. The molecule has 0 aromatic heterocycles. The number of hydrogen-bond donors (Lipinski definition) is 2. The summed E-state index contributed by atoms with van der Waals surface area (Å²) >= 11 is -1.87. The van der Waals surface area contributed by atoms with Crippen molar-refractivity contribution in [1.82, 2.24) is 5.48 Å². The number of nitrogens with one attached hydrogen (secondary N) is 1. The molecule has 1 amide bonds. The van der Waals surface area contributed by atoms with Crippen LogP contribution in [0.15, 0.2) is 53.4 Å². The lowest BCUT2D eigenvalue weighted by atomic mass is 9.94. The number of hydroxylamine groups is 1. The van der Waals surface area contributed by atoms with Crippen molar-refractivity contribution >= 4 is 17.0 Å². The van der Waals surface area contributed by atoms with Gasteiger partial charge in [0, 0.05) is 26.1 Å². The second-order valence-electron chi connectivity index (χ2n) is 7.95. The first-order valence-electron chi connectivity index (χ1n) is 10.4. The van der Waals surface area contributed by atoms with Gasteiger partial charge in [0.25, 0.3) is 5.91 Å². The Kier molecular flexibility index (Phi) is 8.20. The molecule has 0 aliphatic carbocycles. The van der Waals surface area contributed by atoms with Crippen LogP contribution >= 0.6 is 0 Å². The predicted molar refractivity (Wildman–Crippen MR) is 117 cm³/mol. The lowest BCUT2D eigenvalue weighted by molar-refractivity contribution is -0.152. The third-order valence-corrected chi connectivity index (χ3v) is 6.38. The Bertz CT molecular complexity index is 876. The molecule has 1 unspecified atom stereocenters. The average molecular weight is 448 g/mol. The van der Waals surface area contributed by atoms with Gasteiger partial charge < -0.3 is 9.47 Å². The SMILES string of the molecule is CC(C)CCOc1ccc(-c2ccc(S(=O)OC3(C(=O)NO)CCOCC3)cc2)cc1. The Labute approximate surface area is 185 Å². The van der Waals surface area contributed by atoms with Gasteiger partial charge in [0.15, 0.2) is 16.7 Å². The Hall–Kier alpha value is -2.26. The summed E-state index contributed by atoms with van der Waals surface area (Å²) in [5.74, 6) is 0.725. The maximum absolute atomic E-state index is 12.7. The molecule has 1 atom stereocenters. The van der Waals surface area contributed by atoms with E-state index in [0.717, 1.165) is 23.3 Å². The summed E-state index contributed by atoms with van der Waals surface area (Å²) in [5, 5.41) is 9.06. The molecule has 31 heavy (non-hydrogen) atoms. The second-order valence-corrected chi connectivity index (χ2v) is 9.05. The third kappa shape index (κ3) is 6.13. The predicted octanol–water partition coefficient (Wildman–Crippen LogP) is 3.87. The first kappa shape index (κ1) is 23.4. The van der Waals surface area contributed by atoms with Crippen LogP contribution in [0.1, 0.15) is 33.1 Å². The normalized spacial score (nSPS) is 16.6. The van der Waals surface area contributed by atoms with Gasteiger partial charge in [-0.15, -0.1) is 0 Å².